The first-order valence-electron chi connectivity index (χ1n) is 8.58. The van der Waals surface area contributed by atoms with Crippen LogP contribution in [0, 0.1) is 5.92 Å². The second-order valence-electron chi connectivity index (χ2n) is 6.21. The lowest BCUT2D eigenvalue weighted by atomic mass is 9.97. The molecular weight excluding hydrogens is 384 g/mol. The van der Waals surface area contributed by atoms with E-state index >= 15 is 0 Å². The molecule has 0 aliphatic carbocycles. The fourth-order valence-electron chi connectivity index (χ4n) is 2.91. The number of ether oxygens (including phenoxy) is 1. The van der Waals surface area contributed by atoms with Gasteiger partial charge in [0, 0.05) is 22.8 Å². The fourth-order valence-corrected chi connectivity index (χ4v) is 4.30. The van der Waals surface area contributed by atoms with Gasteiger partial charge in [-0.25, -0.2) is 4.79 Å². The Balaban J connectivity index is 1.64. The van der Waals surface area contributed by atoms with Gasteiger partial charge in [-0.2, -0.15) is 0 Å². The number of amides is 2. The summed E-state index contributed by atoms with van der Waals surface area (Å²) in [6.45, 7) is 0.481. The van der Waals surface area contributed by atoms with E-state index in [2.05, 4.69) is 0 Å². The quantitative estimate of drug-likeness (QED) is 0.592. The minimum atomic E-state index is -0.539. The molecule has 3 heterocycles. The Labute approximate surface area is 165 Å². The van der Waals surface area contributed by atoms with Crippen LogP contribution in [-0.4, -0.2) is 42.4 Å². The SMILES string of the molecule is NC(=O)[C@H]1CCCN(C(=O)COC(=O)/C(=C/c2cccs2)c2cccs2)C1. The van der Waals surface area contributed by atoms with Crippen LogP contribution >= 0.6 is 22.7 Å². The van der Waals surface area contributed by atoms with Gasteiger partial charge in [-0.1, -0.05) is 12.1 Å². The number of piperidine rings is 1. The van der Waals surface area contributed by atoms with E-state index in [1.54, 1.807) is 11.0 Å². The number of hydrogen-bond donors (Lipinski definition) is 1. The van der Waals surface area contributed by atoms with Gasteiger partial charge in [0.1, 0.15) is 0 Å². The molecule has 0 spiro atoms. The second-order valence-corrected chi connectivity index (χ2v) is 8.14. The zero-order valence-corrected chi connectivity index (χ0v) is 16.3. The van der Waals surface area contributed by atoms with Crippen molar-refractivity contribution in [3.63, 3.8) is 0 Å². The smallest absolute Gasteiger partial charge is 0.340 e. The first-order chi connectivity index (χ1) is 13.0. The van der Waals surface area contributed by atoms with Crippen LogP contribution in [0.2, 0.25) is 0 Å². The number of rotatable bonds is 6. The Bertz CT molecular complexity index is 828. The average Bonchev–Trinajstić information content (AvgIpc) is 3.37. The van der Waals surface area contributed by atoms with Crippen LogP contribution in [0.3, 0.4) is 0 Å². The first-order valence-corrected chi connectivity index (χ1v) is 10.3. The average molecular weight is 405 g/mol. The van der Waals surface area contributed by atoms with Crippen molar-refractivity contribution in [3.05, 3.63) is 44.8 Å². The van der Waals surface area contributed by atoms with E-state index in [0.29, 0.717) is 25.0 Å². The molecule has 2 aromatic heterocycles. The van der Waals surface area contributed by atoms with Crippen LogP contribution in [0.1, 0.15) is 22.6 Å². The highest BCUT2D eigenvalue weighted by Crippen LogP contribution is 2.26. The van der Waals surface area contributed by atoms with E-state index in [9.17, 15) is 14.4 Å². The number of likely N-dealkylation sites (tertiary alicyclic amines) is 1. The van der Waals surface area contributed by atoms with Crippen molar-refractivity contribution < 1.29 is 19.1 Å². The third-order valence-electron chi connectivity index (χ3n) is 4.34. The van der Waals surface area contributed by atoms with Gasteiger partial charge in [0.2, 0.25) is 5.91 Å². The van der Waals surface area contributed by atoms with Crippen molar-refractivity contribution in [2.24, 2.45) is 11.7 Å². The van der Waals surface area contributed by atoms with Gasteiger partial charge in [0.25, 0.3) is 5.91 Å². The molecule has 1 fully saturated rings. The molecule has 0 aromatic carbocycles. The van der Waals surface area contributed by atoms with Crippen LogP contribution in [0.15, 0.2) is 35.0 Å². The Kier molecular flexibility index (Phi) is 6.41. The van der Waals surface area contributed by atoms with Gasteiger partial charge in [-0.15, -0.1) is 22.7 Å². The molecule has 1 saturated heterocycles. The summed E-state index contributed by atoms with van der Waals surface area (Å²) >= 11 is 2.95. The molecule has 2 amide bonds. The summed E-state index contributed by atoms with van der Waals surface area (Å²) in [5.41, 5.74) is 5.77. The molecular formula is C19H20N2O4S2. The highest BCUT2D eigenvalue weighted by Gasteiger charge is 2.27. The minimum absolute atomic E-state index is 0.286. The first kappa shape index (κ1) is 19.3. The van der Waals surface area contributed by atoms with Crippen molar-refractivity contribution in [3.8, 4) is 0 Å². The minimum Gasteiger partial charge on any atom is -0.452 e. The fraction of sp³-hybridized carbons (Fsp3) is 0.316. The number of hydrogen-bond acceptors (Lipinski definition) is 6. The number of thiophene rings is 2. The summed E-state index contributed by atoms with van der Waals surface area (Å²) in [5, 5.41) is 3.81. The Hall–Kier alpha value is -2.45. The van der Waals surface area contributed by atoms with E-state index < -0.39 is 11.9 Å². The van der Waals surface area contributed by atoms with E-state index in [0.717, 1.165) is 9.75 Å². The lowest BCUT2D eigenvalue weighted by Crippen LogP contribution is -2.45. The highest BCUT2D eigenvalue weighted by molar-refractivity contribution is 7.12. The van der Waals surface area contributed by atoms with Gasteiger partial charge in [0.05, 0.1) is 11.5 Å². The monoisotopic (exact) mass is 404 g/mol. The third-order valence-corrected chi connectivity index (χ3v) is 6.06. The van der Waals surface area contributed by atoms with Crippen LogP contribution in [-0.2, 0) is 19.1 Å². The molecule has 0 unspecified atom stereocenters. The van der Waals surface area contributed by atoms with E-state index in [-0.39, 0.29) is 25.0 Å². The van der Waals surface area contributed by atoms with Crippen molar-refractivity contribution >= 4 is 52.1 Å². The number of carbonyl (C=O) groups excluding carboxylic acids is 3. The third kappa shape index (κ3) is 5.05. The highest BCUT2D eigenvalue weighted by atomic mass is 32.1. The van der Waals surface area contributed by atoms with Crippen molar-refractivity contribution in [2.45, 2.75) is 12.8 Å². The number of primary amides is 1. The normalized spacial score (nSPS) is 17.6. The molecule has 2 N–H and O–H groups in total. The Morgan fingerprint density at radius 2 is 2.00 bits per heavy atom. The zero-order valence-electron chi connectivity index (χ0n) is 14.6. The van der Waals surface area contributed by atoms with Crippen LogP contribution in [0.5, 0.6) is 0 Å². The van der Waals surface area contributed by atoms with Crippen LogP contribution in [0.25, 0.3) is 11.6 Å². The molecule has 0 radical (unpaired) electrons. The summed E-state index contributed by atoms with van der Waals surface area (Å²) in [7, 11) is 0. The molecule has 1 atom stereocenters. The molecule has 0 bridgehead atoms. The van der Waals surface area contributed by atoms with Crippen molar-refractivity contribution in [1.82, 2.24) is 4.90 Å². The van der Waals surface area contributed by atoms with Crippen molar-refractivity contribution in [1.29, 1.82) is 0 Å². The van der Waals surface area contributed by atoms with Crippen molar-refractivity contribution in [2.75, 3.05) is 19.7 Å². The lowest BCUT2D eigenvalue weighted by molar-refractivity contribution is -0.149. The van der Waals surface area contributed by atoms with Gasteiger partial charge in [0.15, 0.2) is 6.61 Å². The standard InChI is InChI=1S/C19H20N2O4S2/c20-18(23)13-4-1-7-21(11-13)17(22)12-25-19(24)15(16-6-3-9-27-16)10-14-5-2-8-26-14/h2-3,5-6,8-10,13H,1,4,7,11-12H2,(H2,20,23)/b15-10+/t13-/m0/s1. The Morgan fingerprint density at radius 3 is 2.67 bits per heavy atom. The number of nitrogens with two attached hydrogens (primary N) is 1. The number of esters is 1. The molecule has 142 valence electrons. The number of nitrogens with zero attached hydrogens (tertiary/aromatic N) is 1. The van der Waals surface area contributed by atoms with Gasteiger partial charge >= 0.3 is 5.97 Å². The Morgan fingerprint density at radius 1 is 1.22 bits per heavy atom. The topological polar surface area (TPSA) is 89.7 Å². The maximum Gasteiger partial charge on any atom is 0.340 e. The molecule has 0 saturated carbocycles. The summed E-state index contributed by atoms with van der Waals surface area (Å²) < 4.78 is 5.28. The van der Waals surface area contributed by atoms with E-state index in [1.165, 1.54) is 22.7 Å². The largest absolute Gasteiger partial charge is 0.452 e. The van der Waals surface area contributed by atoms with Gasteiger partial charge < -0.3 is 15.4 Å². The summed E-state index contributed by atoms with van der Waals surface area (Å²) in [6.07, 6.45) is 3.17. The maximum atomic E-state index is 12.6. The molecule has 2 aromatic rings. The van der Waals surface area contributed by atoms with Crippen LogP contribution < -0.4 is 5.73 Å². The summed E-state index contributed by atoms with van der Waals surface area (Å²) in [6, 6.07) is 7.52. The molecule has 6 nitrogen and oxygen atoms in total. The molecule has 1 aliphatic heterocycles. The zero-order chi connectivity index (χ0) is 19.2. The predicted octanol–water partition coefficient (Wildman–Crippen LogP) is 2.62. The summed E-state index contributed by atoms with van der Waals surface area (Å²) in [4.78, 5) is 39.6. The molecule has 8 heteroatoms. The van der Waals surface area contributed by atoms with E-state index in [1.807, 2.05) is 35.0 Å². The molecule has 1 aliphatic rings. The molecule has 3 rings (SSSR count). The predicted molar refractivity (Wildman–Crippen MR) is 106 cm³/mol. The molecule has 27 heavy (non-hydrogen) atoms. The summed E-state index contributed by atoms with van der Waals surface area (Å²) in [5.74, 6) is -1.58. The van der Waals surface area contributed by atoms with Gasteiger partial charge in [-0.3, -0.25) is 9.59 Å². The number of carbonyl (C=O) groups is 3. The maximum absolute atomic E-state index is 12.6. The van der Waals surface area contributed by atoms with Crippen LogP contribution in [0.4, 0.5) is 0 Å². The second kappa shape index (κ2) is 8.96. The van der Waals surface area contributed by atoms with E-state index in [4.69, 9.17) is 10.5 Å². The van der Waals surface area contributed by atoms with Gasteiger partial charge in [-0.05, 0) is 41.8 Å². The lowest BCUT2D eigenvalue weighted by Gasteiger charge is -2.31.